The van der Waals surface area contributed by atoms with E-state index in [2.05, 4.69) is 15.4 Å². The van der Waals surface area contributed by atoms with Gasteiger partial charge in [0.1, 0.15) is 18.0 Å². The average molecular weight is 222 g/mol. The van der Waals surface area contributed by atoms with Crippen LogP contribution in [-0.2, 0) is 4.74 Å². The van der Waals surface area contributed by atoms with Crippen LogP contribution in [0.4, 0.5) is 11.4 Å². The summed E-state index contributed by atoms with van der Waals surface area (Å²) >= 11 is 0. The standard InChI is InChI=1S/C11H14N2O3/c1-12-8-5-7(11(14)15-2)6-9-10(8)13-3-4-16-9/h5-6,12-13H,3-4H2,1-2H3. The van der Waals surface area contributed by atoms with Crippen molar-refractivity contribution in [3.8, 4) is 5.75 Å². The van der Waals surface area contributed by atoms with E-state index in [0.29, 0.717) is 17.9 Å². The van der Waals surface area contributed by atoms with Gasteiger partial charge in [0.05, 0.1) is 18.4 Å². The molecule has 0 aromatic heterocycles. The fourth-order valence-electron chi connectivity index (χ4n) is 1.68. The van der Waals surface area contributed by atoms with Crippen molar-refractivity contribution < 1.29 is 14.3 Å². The quantitative estimate of drug-likeness (QED) is 0.739. The Morgan fingerprint density at radius 1 is 1.56 bits per heavy atom. The summed E-state index contributed by atoms with van der Waals surface area (Å²) in [5, 5.41) is 6.25. The zero-order valence-corrected chi connectivity index (χ0v) is 9.29. The molecule has 1 aromatic rings. The van der Waals surface area contributed by atoms with E-state index in [9.17, 15) is 4.79 Å². The van der Waals surface area contributed by atoms with E-state index in [1.165, 1.54) is 7.11 Å². The minimum Gasteiger partial charge on any atom is -0.489 e. The molecule has 1 aliphatic heterocycles. The maximum absolute atomic E-state index is 11.4. The molecule has 5 nitrogen and oxygen atoms in total. The fraction of sp³-hybridized carbons (Fsp3) is 0.364. The van der Waals surface area contributed by atoms with Gasteiger partial charge >= 0.3 is 5.97 Å². The Bertz CT molecular complexity index is 401. The normalized spacial score (nSPS) is 13.1. The van der Waals surface area contributed by atoms with Crippen molar-refractivity contribution in [2.75, 3.05) is 37.9 Å². The van der Waals surface area contributed by atoms with E-state index in [1.807, 2.05) is 0 Å². The number of carbonyl (C=O) groups excluding carboxylic acids is 1. The minimum atomic E-state index is -0.367. The third-order valence-corrected chi connectivity index (χ3v) is 2.45. The summed E-state index contributed by atoms with van der Waals surface area (Å²) in [6.45, 7) is 1.36. The van der Waals surface area contributed by atoms with Crippen molar-refractivity contribution in [1.29, 1.82) is 0 Å². The second kappa shape index (κ2) is 4.30. The molecule has 0 saturated heterocycles. The molecular weight excluding hydrogens is 208 g/mol. The molecule has 1 heterocycles. The highest BCUT2D eigenvalue weighted by atomic mass is 16.5. The summed E-state index contributed by atoms with van der Waals surface area (Å²) in [6, 6.07) is 3.43. The first kappa shape index (κ1) is 10.6. The van der Waals surface area contributed by atoms with Crippen LogP contribution in [0, 0.1) is 0 Å². The van der Waals surface area contributed by atoms with Gasteiger partial charge in [0.2, 0.25) is 0 Å². The SMILES string of the molecule is CNc1cc(C(=O)OC)cc2c1NCCO2. The van der Waals surface area contributed by atoms with E-state index in [0.717, 1.165) is 17.9 Å². The van der Waals surface area contributed by atoms with Crippen molar-refractivity contribution in [2.45, 2.75) is 0 Å². The molecule has 1 aliphatic rings. The Morgan fingerprint density at radius 2 is 2.38 bits per heavy atom. The Balaban J connectivity index is 2.47. The van der Waals surface area contributed by atoms with Crippen LogP contribution in [0.1, 0.15) is 10.4 Å². The highest BCUT2D eigenvalue weighted by Crippen LogP contribution is 2.36. The Hall–Kier alpha value is -1.91. The van der Waals surface area contributed by atoms with Gasteiger partial charge in [-0.25, -0.2) is 4.79 Å². The zero-order valence-electron chi connectivity index (χ0n) is 9.29. The molecule has 0 bridgehead atoms. The second-order valence-corrected chi connectivity index (χ2v) is 3.41. The maximum Gasteiger partial charge on any atom is 0.338 e. The summed E-state index contributed by atoms with van der Waals surface area (Å²) in [7, 11) is 3.16. The zero-order chi connectivity index (χ0) is 11.5. The smallest absolute Gasteiger partial charge is 0.338 e. The number of ether oxygens (including phenoxy) is 2. The Labute approximate surface area is 93.7 Å². The third kappa shape index (κ3) is 1.76. The van der Waals surface area contributed by atoms with Crippen LogP contribution in [0.2, 0.25) is 0 Å². The fourth-order valence-corrected chi connectivity index (χ4v) is 1.68. The monoisotopic (exact) mass is 222 g/mol. The van der Waals surface area contributed by atoms with Crippen LogP contribution < -0.4 is 15.4 Å². The molecule has 86 valence electrons. The molecule has 0 saturated carbocycles. The van der Waals surface area contributed by atoms with Crippen LogP contribution in [0.25, 0.3) is 0 Å². The number of fused-ring (bicyclic) bond motifs is 1. The lowest BCUT2D eigenvalue weighted by Crippen LogP contribution is -2.19. The summed E-state index contributed by atoms with van der Waals surface area (Å²) < 4.78 is 10.2. The lowest BCUT2D eigenvalue weighted by Gasteiger charge is -2.22. The highest BCUT2D eigenvalue weighted by molar-refractivity contribution is 5.94. The van der Waals surface area contributed by atoms with Gasteiger partial charge in [0, 0.05) is 13.6 Å². The molecule has 1 aromatic carbocycles. The number of carbonyl (C=O) groups is 1. The number of anilines is 2. The van der Waals surface area contributed by atoms with E-state index >= 15 is 0 Å². The molecule has 0 radical (unpaired) electrons. The van der Waals surface area contributed by atoms with Crippen molar-refractivity contribution >= 4 is 17.3 Å². The first-order chi connectivity index (χ1) is 7.76. The summed E-state index contributed by atoms with van der Waals surface area (Å²) in [4.78, 5) is 11.4. The number of rotatable bonds is 2. The predicted molar refractivity (Wildman–Crippen MR) is 61.3 cm³/mol. The number of hydrogen-bond acceptors (Lipinski definition) is 5. The maximum atomic E-state index is 11.4. The first-order valence-electron chi connectivity index (χ1n) is 5.07. The Morgan fingerprint density at radius 3 is 3.06 bits per heavy atom. The third-order valence-electron chi connectivity index (χ3n) is 2.45. The molecule has 16 heavy (non-hydrogen) atoms. The average Bonchev–Trinajstić information content (AvgIpc) is 2.36. The molecule has 0 aliphatic carbocycles. The first-order valence-corrected chi connectivity index (χ1v) is 5.07. The van der Waals surface area contributed by atoms with Crippen molar-refractivity contribution in [3.63, 3.8) is 0 Å². The lowest BCUT2D eigenvalue weighted by molar-refractivity contribution is 0.0600. The van der Waals surface area contributed by atoms with E-state index in [1.54, 1.807) is 19.2 Å². The molecule has 0 atom stereocenters. The summed E-state index contributed by atoms with van der Waals surface area (Å²) in [5.74, 6) is 0.312. The second-order valence-electron chi connectivity index (χ2n) is 3.41. The Kier molecular flexibility index (Phi) is 2.85. The summed E-state index contributed by atoms with van der Waals surface area (Å²) in [5.41, 5.74) is 2.20. The van der Waals surface area contributed by atoms with Gasteiger partial charge in [-0.15, -0.1) is 0 Å². The van der Waals surface area contributed by atoms with Crippen molar-refractivity contribution in [2.24, 2.45) is 0 Å². The van der Waals surface area contributed by atoms with Crippen LogP contribution in [-0.4, -0.2) is 33.3 Å². The molecule has 0 amide bonds. The minimum absolute atomic E-state index is 0.367. The molecular formula is C11H14N2O3. The van der Waals surface area contributed by atoms with E-state index in [4.69, 9.17) is 4.74 Å². The molecule has 0 unspecified atom stereocenters. The largest absolute Gasteiger partial charge is 0.489 e. The number of hydrogen-bond donors (Lipinski definition) is 2. The van der Waals surface area contributed by atoms with Crippen LogP contribution in [0.3, 0.4) is 0 Å². The molecule has 2 rings (SSSR count). The van der Waals surface area contributed by atoms with Gasteiger partial charge in [-0.1, -0.05) is 0 Å². The van der Waals surface area contributed by atoms with Crippen molar-refractivity contribution in [1.82, 2.24) is 0 Å². The van der Waals surface area contributed by atoms with E-state index in [-0.39, 0.29) is 5.97 Å². The van der Waals surface area contributed by atoms with Gasteiger partial charge in [-0.3, -0.25) is 0 Å². The van der Waals surface area contributed by atoms with Gasteiger partial charge < -0.3 is 20.1 Å². The molecule has 5 heteroatoms. The van der Waals surface area contributed by atoms with Gasteiger partial charge in [0.15, 0.2) is 0 Å². The number of methoxy groups -OCH3 is 1. The highest BCUT2D eigenvalue weighted by Gasteiger charge is 2.18. The number of benzene rings is 1. The van der Waals surface area contributed by atoms with Crippen LogP contribution in [0.15, 0.2) is 12.1 Å². The molecule has 2 N–H and O–H groups in total. The van der Waals surface area contributed by atoms with Gasteiger partial charge in [-0.05, 0) is 12.1 Å². The number of nitrogens with one attached hydrogen (secondary N) is 2. The van der Waals surface area contributed by atoms with Crippen LogP contribution in [0.5, 0.6) is 5.75 Å². The summed E-state index contributed by atoms with van der Waals surface area (Å²) in [6.07, 6.45) is 0. The molecule has 0 fully saturated rings. The van der Waals surface area contributed by atoms with E-state index < -0.39 is 0 Å². The van der Waals surface area contributed by atoms with Crippen molar-refractivity contribution in [3.05, 3.63) is 17.7 Å². The van der Waals surface area contributed by atoms with Gasteiger partial charge in [0.25, 0.3) is 0 Å². The topological polar surface area (TPSA) is 59.6 Å². The molecule has 0 spiro atoms. The van der Waals surface area contributed by atoms with Gasteiger partial charge in [-0.2, -0.15) is 0 Å². The number of esters is 1. The predicted octanol–water partition coefficient (Wildman–Crippen LogP) is 1.32. The van der Waals surface area contributed by atoms with Crippen LogP contribution >= 0.6 is 0 Å². The lowest BCUT2D eigenvalue weighted by atomic mass is 10.1.